The van der Waals surface area contributed by atoms with Crippen molar-refractivity contribution in [3.63, 3.8) is 0 Å². The van der Waals surface area contributed by atoms with Gasteiger partial charge in [-0.15, -0.1) is 0 Å². The van der Waals surface area contributed by atoms with Crippen LogP contribution in [0.2, 0.25) is 0 Å². The van der Waals surface area contributed by atoms with E-state index >= 15 is 0 Å². The van der Waals surface area contributed by atoms with Crippen LogP contribution < -0.4 is 5.43 Å². The Labute approximate surface area is 142 Å². The van der Waals surface area contributed by atoms with Crippen LogP contribution in [0.3, 0.4) is 0 Å². The Morgan fingerprint density at radius 2 is 1.22 bits per heavy atom. The van der Waals surface area contributed by atoms with E-state index in [9.17, 15) is 0 Å². The topological polar surface area (TPSA) is 24.4 Å². The second kappa shape index (κ2) is 13.6. The van der Waals surface area contributed by atoms with Gasteiger partial charge in [0.15, 0.2) is 0 Å². The summed E-state index contributed by atoms with van der Waals surface area (Å²) >= 11 is 0. The number of hydrogen-bond acceptors (Lipinski definition) is 2. The average molecular weight is 325 g/mol. The molecule has 0 atom stereocenters. The van der Waals surface area contributed by atoms with Crippen LogP contribution in [0.25, 0.3) is 0 Å². The van der Waals surface area contributed by atoms with Crippen molar-refractivity contribution in [3.8, 4) is 0 Å². The fourth-order valence-corrected chi connectivity index (χ4v) is 3.63. The lowest BCUT2D eigenvalue weighted by Gasteiger charge is -2.12. The molecule has 23 heavy (non-hydrogen) atoms. The fourth-order valence-electron chi connectivity index (χ4n) is 3.63. The van der Waals surface area contributed by atoms with Gasteiger partial charge in [0.25, 0.3) is 0 Å². The number of nitrogens with zero attached hydrogens (tertiary/aromatic N) is 1. The molecule has 0 aromatic heterocycles. The summed E-state index contributed by atoms with van der Waals surface area (Å²) in [5.41, 5.74) is 6.29. The minimum atomic E-state index is 0. The van der Waals surface area contributed by atoms with E-state index in [1.165, 1.54) is 108 Å². The van der Waals surface area contributed by atoms with Gasteiger partial charge in [-0.1, -0.05) is 63.9 Å². The number of halogens is 1. The van der Waals surface area contributed by atoms with Crippen LogP contribution in [0.4, 0.5) is 4.70 Å². The largest absolute Gasteiger partial charge is 0.310 e. The molecule has 1 N–H and O–H groups in total. The van der Waals surface area contributed by atoms with Crippen LogP contribution in [0, 0.1) is 0 Å². The smallest absolute Gasteiger partial charge is 0.0631 e. The first-order valence-corrected chi connectivity index (χ1v) is 9.95. The highest BCUT2D eigenvalue weighted by molar-refractivity contribution is 5.99. The standard InChI is InChI=1S/C20H36N2.FH/c1-2-4-8-12-16-19(15-11-7-3-1)20-17-13-9-5-6-10-14-18-21-22-20;/h15,21H,1-14,16-18H2;1H/b19-15+,22-20+;. The minimum Gasteiger partial charge on any atom is -0.310 e. The molecule has 1 heterocycles. The predicted octanol–water partition coefficient (Wildman–Crippen LogP) is 6.28. The van der Waals surface area contributed by atoms with E-state index in [0.29, 0.717) is 0 Å². The molecule has 0 unspecified atom stereocenters. The van der Waals surface area contributed by atoms with Gasteiger partial charge in [0.05, 0.1) is 5.71 Å². The molecule has 0 saturated carbocycles. The van der Waals surface area contributed by atoms with Crippen molar-refractivity contribution in [1.82, 2.24) is 5.43 Å². The molecule has 0 amide bonds. The zero-order chi connectivity index (χ0) is 15.3. The van der Waals surface area contributed by atoms with Gasteiger partial charge in [-0.3, -0.25) is 4.70 Å². The Bertz CT molecular complexity index is 316. The van der Waals surface area contributed by atoms with E-state index in [-0.39, 0.29) is 4.70 Å². The maximum atomic E-state index is 4.80. The molecule has 1 aliphatic carbocycles. The van der Waals surface area contributed by atoms with Gasteiger partial charge >= 0.3 is 0 Å². The SMILES string of the molecule is C1=C(/C2=N/NCCCCCCCC2)CCCCCCCCC/1.F. The second-order valence-corrected chi connectivity index (χ2v) is 7.08. The van der Waals surface area contributed by atoms with E-state index in [1.807, 2.05) is 0 Å². The molecule has 3 heteroatoms. The molecule has 0 spiro atoms. The van der Waals surface area contributed by atoms with Crippen molar-refractivity contribution in [1.29, 1.82) is 0 Å². The van der Waals surface area contributed by atoms with Gasteiger partial charge in [0, 0.05) is 6.54 Å². The van der Waals surface area contributed by atoms with Crippen molar-refractivity contribution in [3.05, 3.63) is 11.6 Å². The van der Waals surface area contributed by atoms with E-state index in [4.69, 9.17) is 5.10 Å². The fraction of sp³-hybridized carbons (Fsp3) is 0.850. The highest BCUT2D eigenvalue weighted by atomic mass is 19.0. The zero-order valence-electron chi connectivity index (χ0n) is 15.0. The third kappa shape index (κ3) is 9.12. The predicted molar refractivity (Wildman–Crippen MR) is 99.9 cm³/mol. The number of hydrogen-bond donors (Lipinski definition) is 1. The Balaban J connectivity index is 0.00000264. The highest BCUT2D eigenvalue weighted by Gasteiger charge is 2.09. The van der Waals surface area contributed by atoms with Crippen molar-refractivity contribution in [2.75, 3.05) is 6.54 Å². The van der Waals surface area contributed by atoms with Crippen LogP contribution in [-0.4, -0.2) is 12.3 Å². The molecular formula is C20H37FN2. The summed E-state index contributed by atoms with van der Waals surface area (Å²) in [4.78, 5) is 0. The molecule has 0 bridgehead atoms. The summed E-state index contributed by atoms with van der Waals surface area (Å²) in [5.74, 6) is 0. The van der Waals surface area contributed by atoms with Gasteiger partial charge in [0.2, 0.25) is 0 Å². The summed E-state index contributed by atoms with van der Waals surface area (Å²) in [7, 11) is 0. The molecular weight excluding hydrogens is 287 g/mol. The van der Waals surface area contributed by atoms with Gasteiger partial charge in [-0.25, -0.2) is 0 Å². The first-order chi connectivity index (χ1) is 11.0. The van der Waals surface area contributed by atoms with Crippen LogP contribution in [0.1, 0.15) is 103 Å². The maximum Gasteiger partial charge on any atom is 0.0631 e. The van der Waals surface area contributed by atoms with E-state index in [1.54, 1.807) is 5.57 Å². The van der Waals surface area contributed by atoms with Crippen LogP contribution in [0.15, 0.2) is 16.8 Å². The Hall–Kier alpha value is -0.860. The maximum absolute atomic E-state index is 4.80. The van der Waals surface area contributed by atoms with E-state index in [0.717, 1.165) is 6.54 Å². The number of nitrogens with one attached hydrogen (secondary N) is 1. The molecule has 134 valence electrons. The lowest BCUT2D eigenvalue weighted by Crippen LogP contribution is -2.14. The van der Waals surface area contributed by atoms with Crippen molar-refractivity contribution < 1.29 is 4.70 Å². The molecule has 0 saturated heterocycles. The third-order valence-corrected chi connectivity index (χ3v) is 5.08. The van der Waals surface area contributed by atoms with Crippen LogP contribution in [-0.2, 0) is 0 Å². The molecule has 2 aliphatic rings. The zero-order valence-corrected chi connectivity index (χ0v) is 15.0. The summed E-state index contributed by atoms with van der Waals surface area (Å²) in [5, 5.41) is 4.80. The minimum absolute atomic E-state index is 0. The molecule has 0 aromatic rings. The van der Waals surface area contributed by atoms with E-state index < -0.39 is 0 Å². The van der Waals surface area contributed by atoms with Crippen LogP contribution in [0.5, 0.6) is 0 Å². The Morgan fingerprint density at radius 3 is 1.96 bits per heavy atom. The molecule has 0 radical (unpaired) electrons. The summed E-state index contributed by atoms with van der Waals surface area (Å²) in [6, 6.07) is 0. The first kappa shape index (κ1) is 20.2. The number of allylic oxidation sites excluding steroid dienone is 2. The average Bonchev–Trinajstić information content (AvgIpc) is 2.64. The Kier molecular flexibility index (Phi) is 11.9. The lowest BCUT2D eigenvalue weighted by molar-refractivity contribution is 0.586. The van der Waals surface area contributed by atoms with E-state index in [2.05, 4.69) is 11.5 Å². The summed E-state index contributed by atoms with van der Waals surface area (Å²) in [6.45, 7) is 1.05. The quantitative estimate of drug-likeness (QED) is 0.603. The normalized spacial score (nSPS) is 27.5. The second-order valence-electron chi connectivity index (χ2n) is 7.08. The van der Waals surface area contributed by atoms with Gasteiger partial charge in [-0.2, -0.15) is 5.10 Å². The first-order valence-electron chi connectivity index (χ1n) is 9.95. The van der Waals surface area contributed by atoms with Gasteiger partial charge in [0.1, 0.15) is 0 Å². The number of rotatable bonds is 1. The molecule has 2 rings (SSSR count). The van der Waals surface area contributed by atoms with Crippen molar-refractivity contribution >= 4 is 5.71 Å². The number of hydrazone groups is 1. The summed E-state index contributed by atoms with van der Waals surface area (Å²) in [6.07, 6.45) is 24.2. The Morgan fingerprint density at radius 1 is 0.652 bits per heavy atom. The van der Waals surface area contributed by atoms with Crippen molar-refractivity contribution in [2.24, 2.45) is 5.10 Å². The van der Waals surface area contributed by atoms with Gasteiger partial charge in [-0.05, 0) is 50.5 Å². The molecule has 0 aromatic carbocycles. The van der Waals surface area contributed by atoms with Crippen molar-refractivity contribution in [2.45, 2.75) is 103 Å². The van der Waals surface area contributed by atoms with Crippen LogP contribution >= 0.6 is 0 Å². The molecule has 1 aliphatic heterocycles. The summed E-state index contributed by atoms with van der Waals surface area (Å²) < 4.78 is 0. The lowest BCUT2D eigenvalue weighted by atomic mass is 9.97. The molecule has 0 fully saturated rings. The third-order valence-electron chi connectivity index (χ3n) is 5.08. The monoisotopic (exact) mass is 324 g/mol. The molecule has 2 nitrogen and oxygen atoms in total. The highest BCUT2D eigenvalue weighted by Crippen LogP contribution is 2.20. The van der Waals surface area contributed by atoms with Gasteiger partial charge < -0.3 is 5.43 Å².